The van der Waals surface area contributed by atoms with Gasteiger partial charge >= 0.3 is 0 Å². The zero-order valence-corrected chi connectivity index (χ0v) is 12.3. The predicted molar refractivity (Wildman–Crippen MR) is 78.4 cm³/mol. The van der Waals surface area contributed by atoms with Crippen LogP contribution in [-0.4, -0.2) is 15.7 Å². The highest BCUT2D eigenvalue weighted by molar-refractivity contribution is 8.16. The number of carbonyl (C=O) groups is 1. The van der Waals surface area contributed by atoms with E-state index in [1.54, 1.807) is 11.8 Å². The van der Waals surface area contributed by atoms with E-state index in [1.165, 1.54) is 0 Å². The Kier molecular flexibility index (Phi) is 3.83. The zero-order valence-electron chi connectivity index (χ0n) is 10.7. The number of aliphatic imine (C=N–C) groups is 1. The number of nitrogens with zero attached hydrogens (tertiary/aromatic N) is 1. The Labute approximate surface area is 117 Å². The van der Waals surface area contributed by atoms with Gasteiger partial charge in [0.05, 0.1) is 5.04 Å². The Morgan fingerprint density at radius 3 is 2.61 bits per heavy atom. The number of amides is 1. The van der Waals surface area contributed by atoms with Gasteiger partial charge in [0.1, 0.15) is 4.75 Å². The van der Waals surface area contributed by atoms with Gasteiger partial charge in [-0.15, -0.1) is 0 Å². The van der Waals surface area contributed by atoms with Crippen LogP contribution in [0.2, 0.25) is 5.02 Å². The molecule has 2 nitrogen and oxygen atoms in total. The number of thioether (sulfide) groups is 1. The number of rotatable bonds is 3. The van der Waals surface area contributed by atoms with Gasteiger partial charge in [-0.2, -0.15) is 0 Å². The van der Waals surface area contributed by atoms with Gasteiger partial charge in [0, 0.05) is 11.4 Å². The van der Waals surface area contributed by atoms with E-state index in [-0.39, 0.29) is 11.8 Å². The van der Waals surface area contributed by atoms with Gasteiger partial charge < -0.3 is 0 Å². The lowest BCUT2D eigenvalue weighted by Gasteiger charge is -2.24. The number of carbonyl (C=O) groups excluding carboxylic acids is 1. The summed E-state index contributed by atoms with van der Waals surface area (Å²) >= 11 is 7.70. The highest BCUT2D eigenvalue weighted by atomic mass is 35.5. The summed E-state index contributed by atoms with van der Waals surface area (Å²) in [7, 11) is 0. The van der Waals surface area contributed by atoms with Crippen molar-refractivity contribution in [2.45, 2.75) is 31.9 Å². The molecule has 1 amide bonds. The maximum absolute atomic E-state index is 12.0. The molecular weight excluding hydrogens is 266 g/mol. The minimum Gasteiger partial charge on any atom is -0.271 e. The van der Waals surface area contributed by atoms with Crippen LogP contribution in [-0.2, 0) is 11.2 Å². The first-order valence-electron chi connectivity index (χ1n) is 5.98. The van der Waals surface area contributed by atoms with Crippen LogP contribution >= 0.6 is 23.4 Å². The summed E-state index contributed by atoms with van der Waals surface area (Å²) in [6, 6.07) is 7.69. The Bertz CT molecular complexity index is 512. The van der Waals surface area contributed by atoms with Crippen molar-refractivity contribution in [3.63, 3.8) is 0 Å². The fraction of sp³-hybridized carbons (Fsp3) is 0.429. The van der Waals surface area contributed by atoms with Gasteiger partial charge in [0.15, 0.2) is 0 Å². The molecule has 0 radical (unpaired) electrons. The van der Waals surface area contributed by atoms with Crippen molar-refractivity contribution in [2.75, 3.05) is 0 Å². The third-order valence-corrected chi connectivity index (χ3v) is 5.29. The second-order valence-electron chi connectivity index (χ2n) is 4.94. The molecule has 0 aliphatic carbocycles. The molecular formula is C14H16ClNOS. The molecule has 2 rings (SSSR count). The second-order valence-corrected chi connectivity index (χ2v) is 6.87. The molecule has 0 saturated carbocycles. The molecule has 0 N–H and O–H groups in total. The molecule has 0 spiro atoms. The van der Waals surface area contributed by atoms with Crippen molar-refractivity contribution in [3.8, 4) is 0 Å². The van der Waals surface area contributed by atoms with Crippen LogP contribution in [0, 0.1) is 5.92 Å². The third-order valence-electron chi connectivity index (χ3n) is 3.38. The first-order chi connectivity index (χ1) is 8.43. The number of hydrogen-bond acceptors (Lipinski definition) is 2. The van der Waals surface area contributed by atoms with Gasteiger partial charge in [-0.1, -0.05) is 55.4 Å². The lowest BCUT2D eigenvalue weighted by atomic mass is 9.96. The maximum Gasteiger partial charge on any atom is 0.263 e. The van der Waals surface area contributed by atoms with Crippen LogP contribution in [0.15, 0.2) is 29.3 Å². The highest BCUT2D eigenvalue weighted by Crippen LogP contribution is 2.41. The summed E-state index contributed by atoms with van der Waals surface area (Å²) in [6.45, 7) is 6.07. The van der Waals surface area contributed by atoms with Crippen molar-refractivity contribution in [1.29, 1.82) is 0 Å². The normalized spacial score (nSPS) is 23.6. The van der Waals surface area contributed by atoms with Gasteiger partial charge in [0.2, 0.25) is 0 Å². The summed E-state index contributed by atoms with van der Waals surface area (Å²) in [5.74, 6) is 0.243. The highest BCUT2D eigenvalue weighted by Gasteiger charge is 2.43. The van der Waals surface area contributed by atoms with E-state index in [1.807, 2.05) is 31.2 Å². The molecule has 1 aliphatic heterocycles. The van der Waals surface area contributed by atoms with E-state index in [2.05, 4.69) is 18.8 Å². The topological polar surface area (TPSA) is 29.4 Å². The largest absolute Gasteiger partial charge is 0.271 e. The predicted octanol–water partition coefficient (Wildman–Crippen LogP) is 3.97. The number of hydrogen-bond donors (Lipinski definition) is 0. The number of benzene rings is 1. The van der Waals surface area contributed by atoms with Crippen LogP contribution in [0.3, 0.4) is 0 Å². The fourth-order valence-corrected chi connectivity index (χ4v) is 3.20. The molecule has 4 heteroatoms. The minimum atomic E-state index is -0.420. The quantitative estimate of drug-likeness (QED) is 0.839. The first-order valence-corrected chi connectivity index (χ1v) is 7.17. The van der Waals surface area contributed by atoms with E-state index >= 15 is 0 Å². The summed E-state index contributed by atoms with van der Waals surface area (Å²) in [4.78, 5) is 16.2. The molecule has 0 aromatic heterocycles. The fourth-order valence-electron chi connectivity index (χ4n) is 1.78. The molecule has 0 fully saturated rings. The molecule has 0 bridgehead atoms. The Balaban J connectivity index is 2.17. The van der Waals surface area contributed by atoms with Crippen LogP contribution in [0.25, 0.3) is 0 Å². The maximum atomic E-state index is 12.0. The van der Waals surface area contributed by atoms with E-state index in [4.69, 9.17) is 11.6 Å². The van der Waals surface area contributed by atoms with Crippen molar-refractivity contribution in [2.24, 2.45) is 10.9 Å². The summed E-state index contributed by atoms with van der Waals surface area (Å²) < 4.78 is -0.420. The van der Waals surface area contributed by atoms with Crippen molar-refractivity contribution < 1.29 is 4.79 Å². The summed E-state index contributed by atoms with van der Waals surface area (Å²) in [5, 5.41) is 1.59. The van der Waals surface area contributed by atoms with Gasteiger partial charge in [0.25, 0.3) is 5.91 Å². The van der Waals surface area contributed by atoms with E-state index in [0.717, 1.165) is 15.6 Å². The van der Waals surface area contributed by atoms with E-state index in [0.29, 0.717) is 6.42 Å². The van der Waals surface area contributed by atoms with E-state index in [9.17, 15) is 4.79 Å². The lowest BCUT2D eigenvalue weighted by molar-refractivity contribution is -0.120. The summed E-state index contributed by atoms with van der Waals surface area (Å²) in [6.07, 6.45) is 0.637. The molecule has 1 heterocycles. The molecule has 1 atom stereocenters. The second kappa shape index (κ2) is 5.06. The lowest BCUT2D eigenvalue weighted by Crippen LogP contribution is -2.33. The van der Waals surface area contributed by atoms with Crippen LogP contribution in [0.1, 0.15) is 26.3 Å². The first kappa shape index (κ1) is 13.6. The van der Waals surface area contributed by atoms with Gasteiger partial charge in [-0.25, -0.2) is 4.99 Å². The monoisotopic (exact) mass is 281 g/mol. The smallest absolute Gasteiger partial charge is 0.263 e. The minimum absolute atomic E-state index is 0.0236. The van der Waals surface area contributed by atoms with Crippen molar-refractivity contribution in [3.05, 3.63) is 34.9 Å². The molecule has 0 unspecified atom stereocenters. The molecule has 18 heavy (non-hydrogen) atoms. The molecule has 1 aromatic carbocycles. The Morgan fingerprint density at radius 1 is 1.39 bits per heavy atom. The molecule has 96 valence electrons. The summed E-state index contributed by atoms with van der Waals surface area (Å²) in [5.41, 5.74) is 1.02. The molecule has 1 aromatic rings. The SMILES string of the molecule is CC(C)[C@]1(C)SC(Cc2ccccc2Cl)=NC1=O. The molecule has 0 saturated heterocycles. The van der Waals surface area contributed by atoms with Gasteiger partial charge in [-0.05, 0) is 24.5 Å². The van der Waals surface area contributed by atoms with Crippen molar-refractivity contribution >= 4 is 34.3 Å². The van der Waals surface area contributed by atoms with Crippen molar-refractivity contribution in [1.82, 2.24) is 0 Å². The third kappa shape index (κ3) is 2.47. The average Bonchev–Trinajstić information content (AvgIpc) is 2.59. The Hall–Kier alpha value is -0.800. The van der Waals surface area contributed by atoms with Crippen LogP contribution in [0.5, 0.6) is 0 Å². The number of halogens is 1. The standard InChI is InChI=1S/C14H16ClNOS/c1-9(2)14(3)13(17)16-12(18-14)8-10-6-4-5-7-11(10)15/h4-7,9H,8H2,1-3H3/t14-/m0/s1. The van der Waals surface area contributed by atoms with Gasteiger partial charge in [-0.3, -0.25) is 4.79 Å². The molecule has 1 aliphatic rings. The zero-order chi connectivity index (χ0) is 13.3. The van der Waals surface area contributed by atoms with E-state index < -0.39 is 4.75 Å². The van der Waals surface area contributed by atoms with Crippen LogP contribution < -0.4 is 0 Å². The Morgan fingerprint density at radius 2 is 2.06 bits per heavy atom. The van der Waals surface area contributed by atoms with Crippen LogP contribution in [0.4, 0.5) is 0 Å². The average molecular weight is 282 g/mol.